The molecule has 63 heavy (non-hydrogen) atoms. The molecule has 296 valence electrons. The van der Waals surface area contributed by atoms with Gasteiger partial charge in [-0.2, -0.15) is 0 Å². The third-order valence-corrected chi connectivity index (χ3v) is 12.3. The molecule has 0 saturated heterocycles. The van der Waals surface area contributed by atoms with Crippen molar-refractivity contribution >= 4 is 38.6 Å². The zero-order valence-electron chi connectivity index (χ0n) is 34.8. The molecule has 0 aliphatic heterocycles. The zero-order chi connectivity index (χ0) is 42.0. The van der Waals surface area contributed by atoms with Gasteiger partial charge in [0.05, 0.1) is 0 Å². The van der Waals surface area contributed by atoms with Gasteiger partial charge in [-0.05, 0) is 125 Å². The molecule has 0 bridgehead atoms. The Balaban J connectivity index is 1.000. The van der Waals surface area contributed by atoms with Crippen molar-refractivity contribution in [3.8, 4) is 66.8 Å². The fourth-order valence-corrected chi connectivity index (χ4v) is 9.09. The van der Waals surface area contributed by atoms with Gasteiger partial charge in [-0.1, -0.05) is 224 Å². The lowest BCUT2D eigenvalue weighted by atomic mass is 9.91. The Bertz CT molecular complexity index is 3320. The molecule has 1 heteroatoms. The maximum Gasteiger partial charge on any atom is 0.0468 e. The Morgan fingerprint density at radius 1 is 0.190 bits per heavy atom. The van der Waals surface area contributed by atoms with Gasteiger partial charge in [0, 0.05) is 17.1 Å². The molecule has 0 atom stereocenters. The summed E-state index contributed by atoms with van der Waals surface area (Å²) < 4.78 is 0. The largest absolute Gasteiger partial charge is 0.310 e. The van der Waals surface area contributed by atoms with Gasteiger partial charge in [0.1, 0.15) is 0 Å². The normalized spacial score (nSPS) is 11.2. The molecule has 1 nitrogen and oxygen atoms in total. The van der Waals surface area contributed by atoms with E-state index in [0.29, 0.717) is 0 Å². The van der Waals surface area contributed by atoms with E-state index in [-0.39, 0.29) is 0 Å². The average Bonchev–Trinajstić information content (AvgIpc) is 3.37. The fraction of sp³-hybridized carbons (Fsp3) is 0. The molecule has 0 unspecified atom stereocenters. The number of rotatable bonds is 9. The lowest BCUT2D eigenvalue weighted by Crippen LogP contribution is -2.10. The van der Waals surface area contributed by atoms with Crippen molar-refractivity contribution in [1.82, 2.24) is 0 Å². The minimum atomic E-state index is 1.09. The lowest BCUT2D eigenvalue weighted by molar-refractivity contribution is 1.28. The number of nitrogens with zero attached hydrogens (tertiary/aromatic N) is 1. The summed E-state index contributed by atoms with van der Waals surface area (Å²) in [6.07, 6.45) is 0. The van der Waals surface area contributed by atoms with Gasteiger partial charge >= 0.3 is 0 Å². The topological polar surface area (TPSA) is 3.24 Å². The first-order valence-corrected chi connectivity index (χ1v) is 21.7. The van der Waals surface area contributed by atoms with E-state index in [0.717, 1.165) is 17.1 Å². The molecule has 0 fully saturated rings. The molecule has 0 heterocycles. The van der Waals surface area contributed by atoms with Gasteiger partial charge in [-0.15, -0.1) is 0 Å². The van der Waals surface area contributed by atoms with E-state index in [4.69, 9.17) is 0 Å². The molecule has 0 saturated carbocycles. The van der Waals surface area contributed by atoms with E-state index in [2.05, 4.69) is 266 Å². The van der Waals surface area contributed by atoms with Crippen molar-refractivity contribution in [2.75, 3.05) is 4.90 Å². The minimum Gasteiger partial charge on any atom is -0.310 e. The molecule has 0 N–H and O–H groups in total. The minimum absolute atomic E-state index is 1.09. The SMILES string of the molecule is c1ccc(-c2ccc(-c3ccc(N(c4ccc(-c5cccc6ccccc56)cc4)c4ccc(-c5ccc(-c6cccc7ccccc67)cc5)c(-c5ccccc5)c4)cc3)cc2)cc1. The maximum absolute atomic E-state index is 2.38. The van der Waals surface area contributed by atoms with E-state index in [1.807, 2.05) is 0 Å². The van der Waals surface area contributed by atoms with Gasteiger partial charge < -0.3 is 4.90 Å². The van der Waals surface area contributed by atoms with Gasteiger partial charge in [0.15, 0.2) is 0 Å². The highest BCUT2D eigenvalue weighted by Gasteiger charge is 2.18. The third-order valence-electron chi connectivity index (χ3n) is 12.3. The zero-order valence-corrected chi connectivity index (χ0v) is 34.8. The standard InChI is InChI=1S/C62H43N/c1-3-13-44(14-4-1)45-25-27-46(28-26-45)47-33-37-54(38-34-47)63(55-39-35-53(36-40-55)60-24-12-20-49-18-8-10-22-58(49)60)56-41-42-61(62(43-56)50-15-5-2-6-16-50)52-31-29-51(30-32-52)59-23-11-19-48-17-7-9-21-57(48)59/h1-43H. The molecule has 11 aromatic carbocycles. The number of benzene rings is 11. The summed E-state index contributed by atoms with van der Waals surface area (Å²) in [5, 5.41) is 5.01. The van der Waals surface area contributed by atoms with E-state index in [1.165, 1.54) is 88.3 Å². The molecule has 0 aliphatic carbocycles. The Kier molecular flexibility index (Phi) is 9.97. The highest BCUT2D eigenvalue weighted by Crippen LogP contribution is 2.43. The Morgan fingerprint density at radius 3 is 1.03 bits per heavy atom. The second-order valence-electron chi connectivity index (χ2n) is 16.1. The fourth-order valence-electron chi connectivity index (χ4n) is 9.09. The number of hydrogen-bond donors (Lipinski definition) is 0. The first-order chi connectivity index (χ1) is 31.2. The van der Waals surface area contributed by atoms with Gasteiger partial charge in [-0.3, -0.25) is 0 Å². The van der Waals surface area contributed by atoms with Crippen molar-refractivity contribution in [3.63, 3.8) is 0 Å². The van der Waals surface area contributed by atoms with Crippen LogP contribution in [-0.4, -0.2) is 0 Å². The average molecular weight is 802 g/mol. The summed E-state index contributed by atoms with van der Waals surface area (Å²) in [4.78, 5) is 2.38. The highest BCUT2D eigenvalue weighted by atomic mass is 15.1. The summed E-state index contributed by atoms with van der Waals surface area (Å²) in [6, 6.07) is 94.6. The highest BCUT2D eigenvalue weighted by molar-refractivity contribution is 5.98. The van der Waals surface area contributed by atoms with Crippen LogP contribution in [0.5, 0.6) is 0 Å². The second kappa shape index (κ2) is 16.7. The third kappa shape index (κ3) is 7.47. The number of fused-ring (bicyclic) bond motifs is 2. The number of anilines is 3. The summed E-state index contributed by atoms with van der Waals surface area (Å²) >= 11 is 0. The van der Waals surface area contributed by atoms with Crippen LogP contribution in [0.25, 0.3) is 88.3 Å². The molecular formula is C62H43N. The predicted octanol–water partition coefficient (Wildman–Crippen LogP) is 17.5. The molecule has 11 aromatic rings. The molecule has 0 amide bonds. The smallest absolute Gasteiger partial charge is 0.0468 e. The van der Waals surface area contributed by atoms with Crippen LogP contribution in [0.3, 0.4) is 0 Å². The Labute approximate surface area is 369 Å². The lowest BCUT2D eigenvalue weighted by Gasteiger charge is -2.27. The van der Waals surface area contributed by atoms with Crippen LogP contribution in [0.2, 0.25) is 0 Å². The molecule has 0 aromatic heterocycles. The number of hydrogen-bond acceptors (Lipinski definition) is 1. The first kappa shape index (κ1) is 37.7. The van der Waals surface area contributed by atoms with Crippen LogP contribution < -0.4 is 4.90 Å². The second-order valence-corrected chi connectivity index (χ2v) is 16.1. The quantitative estimate of drug-likeness (QED) is 0.141. The molecule has 11 rings (SSSR count). The molecule has 0 radical (unpaired) electrons. The molecule has 0 aliphatic rings. The van der Waals surface area contributed by atoms with Gasteiger partial charge in [0.25, 0.3) is 0 Å². The van der Waals surface area contributed by atoms with Crippen molar-refractivity contribution in [2.24, 2.45) is 0 Å². The van der Waals surface area contributed by atoms with Crippen LogP contribution in [0.4, 0.5) is 17.1 Å². The summed E-state index contributed by atoms with van der Waals surface area (Å²) in [7, 11) is 0. The summed E-state index contributed by atoms with van der Waals surface area (Å²) in [5.41, 5.74) is 17.7. The van der Waals surface area contributed by atoms with E-state index in [1.54, 1.807) is 0 Å². The van der Waals surface area contributed by atoms with Gasteiger partial charge in [0.2, 0.25) is 0 Å². The predicted molar refractivity (Wildman–Crippen MR) is 269 cm³/mol. The van der Waals surface area contributed by atoms with E-state index >= 15 is 0 Å². The van der Waals surface area contributed by atoms with Crippen LogP contribution in [0.15, 0.2) is 261 Å². The first-order valence-electron chi connectivity index (χ1n) is 21.7. The van der Waals surface area contributed by atoms with Crippen molar-refractivity contribution in [2.45, 2.75) is 0 Å². The van der Waals surface area contributed by atoms with E-state index < -0.39 is 0 Å². The van der Waals surface area contributed by atoms with E-state index in [9.17, 15) is 0 Å². The Hall–Kier alpha value is -8.26. The van der Waals surface area contributed by atoms with Gasteiger partial charge in [-0.25, -0.2) is 0 Å². The van der Waals surface area contributed by atoms with Crippen LogP contribution in [0.1, 0.15) is 0 Å². The van der Waals surface area contributed by atoms with Crippen molar-refractivity contribution in [3.05, 3.63) is 261 Å². The van der Waals surface area contributed by atoms with Crippen LogP contribution >= 0.6 is 0 Å². The summed E-state index contributed by atoms with van der Waals surface area (Å²) in [5.74, 6) is 0. The maximum atomic E-state index is 2.38. The summed E-state index contributed by atoms with van der Waals surface area (Å²) in [6.45, 7) is 0. The Morgan fingerprint density at radius 2 is 0.524 bits per heavy atom. The van der Waals surface area contributed by atoms with Crippen molar-refractivity contribution in [1.29, 1.82) is 0 Å². The van der Waals surface area contributed by atoms with Crippen LogP contribution in [-0.2, 0) is 0 Å². The van der Waals surface area contributed by atoms with Crippen LogP contribution in [0, 0.1) is 0 Å². The molecular weight excluding hydrogens is 759 g/mol. The monoisotopic (exact) mass is 801 g/mol. The molecule has 0 spiro atoms. The van der Waals surface area contributed by atoms with Crippen molar-refractivity contribution < 1.29 is 0 Å².